The summed E-state index contributed by atoms with van der Waals surface area (Å²) in [6, 6.07) is 11.8. The molecule has 120 valence electrons. The minimum Gasteiger partial charge on any atom is -0.494 e. The molecule has 0 aromatic heterocycles. The summed E-state index contributed by atoms with van der Waals surface area (Å²) in [4.78, 5) is 12.1. The highest BCUT2D eigenvalue weighted by molar-refractivity contribution is 6.02. The zero-order valence-corrected chi connectivity index (χ0v) is 14.1. The summed E-state index contributed by atoms with van der Waals surface area (Å²) in [5, 5.41) is 2.96. The van der Waals surface area contributed by atoms with Gasteiger partial charge in [0.25, 0.3) is 0 Å². The molecule has 0 atom stereocenters. The van der Waals surface area contributed by atoms with Crippen molar-refractivity contribution in [2.75, 3.05) is 11.9 Å². The number of ether oxygens (including phenoxy) is 1. The molecule has 0 saturated heterocycles. The summed E-state index contributed by atoms with van der Waals surface area (Å²) in [5.41, 5.74) is 5.19. The molecule has 0 radical (unpaired) electrons. The first-order chi connectivity index (χ1) is 11.0. The van der Waals surface area contributed by atoms with Crippen LogP contribution in [0.3, 0.4) is 0 Å². The average Bonchev–Trinajstić information content (AvgIpc) is 2.50. The normalized spacial score (nSPS) is 10.8. The minimum atomic E-state index is -0.131. The Morgan fingerprint density at radius 1 is 1.09 bits per heavy atom. The Bertz CT molecular complexity index is 692. The monoisotopic (exact) mass is 309 g/mol. The van der Waals surface area contributed by atoms with Crippen molar-refractivity contribution >= 4 is 17.7 Å². The summed E-state index contributed by atoms with van der Waals surface area (Å²) < 4.78 is 5.40. The van der Waals surface area contributed by atoms with Crippen LogP contribution in [0.15, 0.2) is 42.5 Å². The number of carbonyl (C=O) groups is 1. The van der Waals surface area contributed by atoms with Gasteiger partial charge in [-0.1, -0.05) is 29.8 Å². The van der Waals surface area contributed by atoms with Crippen molar-refractivity contribution < 1.29 is 9.53 Å². The first-order valence-electron chi connectivity index (χ1n) is 7.79. The molecule has 2 aromatic rings. The largest absolute Gasteiger partial charge is 0.494 e. The molecule has 3 heteroatoms. The molecule has 3 nitrogen and oxygen atoms in total. The standard InChI is InChI=1S/C20H23NO2/c1-5-23-18-9-6-17(7-10-18)8-11-19(22)21-20-15(3)12-14(2)13-16(20)4/h6-13H,5H2,1-4H3,(H,21,22)/b11-8+. The Kier molecular flexibility index (Phi) is 5.58. The Labute approximate surface area is 138 Å². The number of aryl methyl sites for hydroxylation is 3. The van der Waals surface area contributed by atoms with E-state index < -0.39 is 0 Å². The number of benzene rings is 2. The predicted octanol–water partition coefficient (Wildman–Crippen LogP) is 4.66. The van der Waals surface area contributed by atoms with E-state index in [4.69, 9.17) is 4.74 Å². The smallest absolute Gasteiger partial charge is 0.248 e. The molecular weight excluding hydrogens is 286 g/mol. The molecule has 23 heavy (non-hydrogen) atoms. The lowest BCUT2D eigenvalue weighted by molar-refractivity contribution is -0.111. The Hall–Kier alpha value is -2.55. The van der Waals surface area contributed by atoms with Crippen molar-refractivity contribution in [1.82, 2.24) is 0 Å². The lowest BCUT2D eigenvalue weighted by atomic mass is 10.1. The van der Waals surface area contributed by atoms with Gasteiger partial charge in [-0.25, -0.2) is 0 Å². The fourth-order valence-electron chi connectivity index (χ4n) is 2.56. The van der Waals surface area contributed by atoms with E-state index in [2.05, 4.69) is 24.4 Å². The van der Waals surface area contributed by atoms with Crippen LogP contribution in [0.4, 0.5) is 5.69 Å². The van der Waals surface area contributed by atoms with Crippen LogP contribution >= 0.6 is 0 Å². The van der Waals surface area contributed by atoms with Crippen molar-refractivity contribution in [2.45, 2.75) is 27.7 Å². The molecule has 0 unspecified atom stereocenters. The van der Waals surface area contributed by atoms with Gasteiger partial charge >= 0.3 is 0 Å². The first kappa shape index (κ1) is 16.8. The third kappa shape index (κ3) is 4.71. The van der Waals surface area contributed by atoms with Gasteiger partial charge in [0.15, 0.2) is 0 Å². The molecule has 0 bridgehead atoms. The Balaban J connectivity index is 2.04. The van der Waals surface area contributed by atoms with E-state index in [0.717, 1.165) is 28.1 Å². The van der Waals surface area contributed by atoms with Gasteiger partial charge in [-0.3, -0.25) is 4.79 Å². The minimum absolute atomic E-state index is 0.131. The number of amides is 1. The first-order valence-corrected chi connectivity index (χ1v) is 7.79. The molecule has 2 aromatic carbocycles. The fraction of sp³-hybridized carbons (Fsp3) is 0.250. The Morgan fingerprint density at radius 3 is 2.26 bits per heavy atom. The number of anilines is 1. The summed E-state index contributed by atoms with van der Waals surface area (Å²) in [6.07, 6.45) is 3.35. The van der Waals surface area contributed by atoms with E-state index in [0.29, 0.717) is 6.61 Å². The zero-order chi connectivity index (χ0) is 16.8. The summed E-state index contributed by atoms with van der Waals surface area (Å²) in [6.45, 7) is 8.66. The number of hydrogen-bond donors (Lipinski definition) is 1. The van der Waals surface area contributed by atoms with Gasteiger partial charge in [-0.2, -0.15) is 0 Å². The SMILES string of the molecule is CCOc1ccc(/C=C/C(=O)Nc2c(C)cc(C)cc2C)cc1. The fourth-order valence-corrected chi connectivity index (χ4v) is 2.56. The van der Waals surface area contributed by atoms with E-state index >= 15 is 0 Å². The van der Waals surface area contributed by atoms with E-state index in [-0.39, 0.29) is 5.91 Å². The topological polar surface area (TPSA) is 38.3 Å². The van der Waals surface area contributed by atoms with Crippen molar-refractivity contribution in [2.24, 2.45) is 0 Å². The van der Waals surface area contributed by atoms with E-state index in [1.54, 1.807) is 12.2 Å². The quantitative estimate of drug-likeness (QED) is 0.816. The van der Waals surface area contributed by atoms with Gasteiger partial charge in [0, 0.05) is 11.8 Å². The molecule has 0 aliphatic heterocycles. The summed E-state index contributed by atoms with van der Waals surface area (Å²) in [7, 11) is 0. The molecule has 1 amide bonds. The lowest BCUT2D eigenvalue weighted by Crippen LogP contribution is -2.10. The number of nitrogens with one attached hydrogen (secondary N) is 1. The Morgan fingerprint density at radius 2 is 1.70 bits per heavy atom. The molecule has 0 aliphatic carbocycles. The predicted molar refractivity (Wildman–Crippen MR) is 95.9 cm³/mol. The maximum absolute atomic E-state index is 12.1. The second kappa shape index (κ2) is 7.63. The van der Waals surface area contributed by atoms with Gasteiger partial charge in [0.2, 0.25) is 5.91 Å². The third-order valence-electron chi connectivity index (χ3n) is 3.54. The van der Waals surface area contributed by atoms with Crippen LogP contribution in [0.1, 0.15) is 29.2 Å². The van der Waals surface area contributed by atoms with Gasteiger partial charge in [0.1, 0.15) is 5.75 Å². The maximum atomic E-state index is 12.1. The lowest BCUT2D eigenvalue weighted by Gasteiger charge is -2.11. The summed E-state index contributed by atoms with van der Waals surface area (Å²) >= 11 is 0. The average molecular weight is 309 g/mol. The molecular formula is C20H23NO2. The van der Waals surface area contributed by atoms with Crippen LogP contribution in [0.5, 0.6) is 5.75 Å². The van der Waals surface area contributed by atoms with Crippen molar-refractivity contribution in [1.29, 1.82) is 0 Å². The summed E-state index contributed by atoms with van der Waals surface area (Å²) in [5.74, 6) is 0.703. The van der Waals surface area contributed by atoms with Crippen LogP contribution < -0.4 is 10.1 Å². The van der Waals surface area contributed by atoms with Gasteiger partial charge < -0.3 is 10.1 Å². The third-order valence-corrected chi connectivity index (χ3v) is 3.54. The number of hydrogen-bond acceptors (Lipinski definition) is 2. The van der Waals surface area contributed by atoms with Crippen LogP contribution in [0.2, 0.25) is 0 Å². The molecule has 0 heterocycles. The van der Waals surface area contributed by atoms with E-state index in [1.807, 2.05) is 45.0 Å². The molecule has 0 spiro atoms. The number of carbonyl (C=O) groups excluding carboxylic acids is 1. The molecule has 2 rings (SSSR count). The van der Waals surface area contributed by atoms with Gasteiger partial charge in [0.05, 0.1) is 6.61 Å². The highest BCUT2D eigenvalue weighted by atomic mass is 16.5. The van der Waals surface area contributed by atoms with Gasteiger partial charge in [-0.15, -0.1) is 0 Å². The van der Waals surface area contributed by atoms with Crippen LogP contribution in [-0.2, 0) is 4.79 Å². The van der Waals surface area contributed by atoms with Gasteiger partial charge in [-0.05, 0) is 62.6 Å². The molecule has 0 aliphatic rings. The molecule has 1 N–H and O–H groups in total. The van der Waals surface area contributed by atoms with Crippen molar-refractivity contribution in [3.63, 3.8) is 0 Å². The zero-order valence-electron chi connectivity index (χ0n) is 14.1. The van der Waals surface area contributed by atoms with E-state index in [1.165, 1.54) is 5.56 Å². The van der Waals surface area contributed by atoms with Crippen molar-refractivity contribution in [3.05, 3.63) is 64.7 Å². The van der Waals surface area contributed by atoms with Crippen LogP contribution in [0.25, 0.3) is 6.08 Å². The number of rotatable bonds is 5. The van der Waals surface area contributed by atoms with Crippen molar-refractivity contribution in [3.8, 4) is 5.75 Å². The highest BCUT2D eigenvalue weighted by Crippen LogP contribution is 2.22. The second-order valence-corrected chi connectivity index (χ2v) is 5.60. The molecule has 0 saturated carbocycles. The van der Waals surface area contributed by atoms with Crippen LogP contribution in [-0.4, -0.2) is 12.5 Å². The highest BCUT2D eigenvalue weighted by Gasteiger charge is 2.06. The van der Waals surface area contributed by atoms with Crippen LogP contribution in [0, 0.1) is 20.8 Å². The molecule has 0 fully saturated rings. The second-order valence-electron chi connectivity index (χ2n) is 5.60. The van der Waals surface area contributed by atoms with E-state index in [9.17, 15) is 4.79 Å². The maximum Gasteiger partial charge on any atom is 0.248 e.